The molecule has 0 aromatic heterocycles. The summed E-state index contributed by atoms with van der Waals surface area (Å²) >= 11 is 0. The zero-order chi connectivity index (χ0) is 6.62. The predicted octanol–water partition coefficient (Wildman–Crippen LogP) is -2.60. The van der Waals surface area contributed by atoms with E-state index in [1.807, 2.05) is 0 Å². The second-order valence-corrected chi connectivity index (χ2v) is 2.22. The minimum absolute atomic E-state index is 0. The number of hydrogen-bond acceptors (Lipinski definition) is 4. The predicted molar refractivity (Wildman–Crippen MR) is 21.4 cm³/mol. The van der Waals surface area contributed by atoms with Gasteiger partial charge in [-0.3, -0.25) is 4.57 Å². The topological polar surface area (TPSA) is 58.6 Å². The average Bonchev–Trinajstić information content (AvgIpc) is 1.67. The summed E-state index contributed by atoms with van der Waals surface area (Å²) in [6.07, 6.45) is 0. The Morgan fingerprint density at radius 3 is 2.33 bits per heavy atom. The van der Waals surface area contributed by atoms with Gasteiger partial charge in [-0.15, -0.1) is 4.73 Å². The summed E-state index contributed by atoms with van der Waals surface area (Å²) in [5.74, 6) is 0. The summed E-state index contributed by atoms with van der Waals surface area (Å²) in [7, 11) is -4.59. The normalized spacial score (nSPS) is 15.9. The molecule has 0 amide bonds. The van der Waals surface area contributed by atoms with Crippen molar-refractivity contribution in [3.8, 4) is 0 Å². The molecule has 0 saturated carbocycles. The van der Waals surface area contributed by atoms with Gasteiger partial charge in [-0.1, -0.05) is 0 Å². The fraction of sp³-hybridized carbons (Fsp3) is 1.00. The van der Waals surface area contributed by atoms with Gasteiger partial charge in [0, 0.05) is 0 Å². The van der Waals surface area contributed by atoms with Crippen LogP contribution in [-0.2, 0) is 13.8 Å². The van der Waals surface area contributed by atoms with Crippen LogP contribution in [0.3, 0.4) is 0 Å². The third-order valence-electron chi connectivity index (χ3n) is 0.372. The van der Waals surface area contributed by atoms with E-state index < -0.39 is 7.82 Å². The van der Waals surface area contributed by atoms with E-state index in [1.54, 1.807) is 0 Å². The number of phosphoric acid groups is 1. The summed E-state index contributed by atoms with van der Waals surface area (Å²) in [5, 5.41) is 0. The molecule has 1 unspecified atom stereocenters. The van der Waals surface area contributed by atoms with Crippen LogP contribution in [0.5, 0.6) is 0 Å². The molecule has 4 nitrogen and oxygen atoms in total. The minimum Gasteiger partial charge on any atom is -0.754 e. The molecular formula is C2H5FLiO4P. The fourth-order valence-electron chi connectivity index (χ4n) is 0.178. The second kappa shape index (κ2) is 5.42. The van der Waals surface area contributed by atoms with Crippen LogP contribution in [0.2, 0.25) is 0 Å². The van der Waals surface area contributed by atoms with Crippen LogP contribution in [0.1, 0.15) is 6.92 Å². The van der Waals surface area contributed by atoms with Gasteiger partial charge in [0.2, 0.25) is 0 Å². The first-order valence-electron chi connectivity index (χ1n) is 1.88. The first-order chi connectivity index (χ1) is 3.62. The first kappa shape index (κ1) is 12.3. The Bertz CT molecular complexity index is 109. The van der Waals surface area contributed by atoms with Crippen molar-refractivity contribution in [2.45, 2.75) is 6.92 Å². The smallest absolute Gasteiger partial charge is 0.754 e. The Morgan fingerprint density at radius 1 is 1.78 bits per heavy atom. The van der Waals surface area contributed by atoms with Gasteiger partial charge in [-0.2, -0.15) is 0 Å². The molecule has 0 aliphatic rings. The van der Waals surface area contributed by atoms with Crippen LogP contribution in [-0.4, -0.2) is 6.61 Å². The Labute approximate surface area is 64.0 Å². The molecule has 50 valence electrons. The zero-order valence-corrected chi connectivity index (χ0v) is 6.06. The molecule has 0 aromatic carbocycles. The standard InChI is InChI=1S/C2H6FO4P.Li/c1-2-6-8(4,5)7-3;/h2H2,1H3,(H,4,5);/q;+1/p-1. The van der Waals surface area contributed by atoms with Crippen molar-refractivity contribution in [2.24, 2.45) is 0 Å². The molecule has 9 heavy (non-hydrogen) atoms. The third kappa shape index (κ3) is 6.52. The third-order valence-corrected chi connectivity index (χ3v) is 1.12. The number of rotatable bonds is 3. The summed E-state index contributed by atoms with van der Waals surface area (Å²) in [6.45, 7) is 1.29. The van der Waals surface area contributed by atoms with E-state index in [0.717, 1.165) is 0 Å². The monoisotopic (exact) mass is 150 g/mol. The van der Waals surface area contributed by atoms with E-state index in [0.29, 0.717) is 0 Å². The average molecular weight is 150 g/mol. The molecule has 0 rings (SSSR count). The molecular weight excluding hydrogens is 145 g/mol. The van der Waals surface area contributed by atoms with Crippen molar-refractivity contribution in [3.05, 3.63) is 0 Å². The van der Waals surface area contributed by atoms with E-state index in [-0.39, 0.29) is 25.5 Å². The molecule has 1 atom stereocenters. The van der Waals surface area contributed by atoms with Crippen LogP contribution < -0.4 is 23.8 Å². The van der Waals surface area contributed by atoms with Crippen LogP contribution in [0.4, 0.5) is 4.53 Å². The molecule has 0 saturated heterocycles. The van der Waals surface area contributed by atoms with E-state index in [4.69, 9.17) is 0 Å². The van der Waals surface area contributed by atoms with Gasteiger partial charge >= 0.3 is 26.7 Å². The molecule has 0 N–H and O–H groups in total. The Balaban J connectivity index is 0. The van der Waals surface area contributed by atoms with Gasteiger partial charge in [0.05, 0.1) is 6.61 Å². The van der Waals surface area contributed by atoms with Gasteiger partial charge in [-0.05, 0) is 11.4 Å². The van der Waals surface area contributed by atoms with Gasteiger partial charge < -0.3 is 9.42 Å². The summed E-state index contributed by atoms with van der Waals surface area (Å²) < 4.78 is 26.8. The molecule has 0 fully saturated rings. The minimum atomic E-state index is -4.59. The molecule has 0 radical (unpaired) electrons. The number of halogens is 1. The van der Waals surface area contributed by atoms with Crippen molar-refractivity contribution >= 4 is 7.82 Å². The summed E-state index contributed by atoms with van der Waals surface area (Å²) in [6, 6.07) is 0. The Kier molecular flexibility index (Phi) is 7.43. The Hall–Kier alpha value is 0.637. The largest absolute Gasteiger partial charge is 1.00 e. The van der Waals surface area contributed by atoms with Gasteiger partial charge in [0.1, 0.15) is 0 Å². The van der Waals surface area contributed by atoms with Crippen molar-refractivity contribution < 1.29 is 42.1 Å². The van der Waals surface area contributed by atoms with Crippen LogP contribution in [0.25, 0.3) is 0 Å². The maximum absolute atomic E-state index is 10.8. The molecule has 0 aliphatic heterocycles. The fourth-order valence-corrected chi connectivity index (χ4v) is 0.534. The maximum atomic E-state index is 10.8. The summed E-state index contributed by atoms with van der Waals surface area (Å²) in [4.78, 5) is 9.81. The molecule has 7 heteroatoms. The Morgan fingerprint density at radius 2 is 2.22 bits per heavy atom. The maximum Gasteiger partial charge on any atom is 1.00 e. The van der Waals surface area contributed by atoms with Gasteiger partial charge in [0.25, 0.3) is 0 Å². The van der Waals surface area contributed by atoms with Gasteiger partial charge in [-0.25, -0.2) is 0 Å². The molecule has 0 spiro atoms. The molecule has 0 aliphatic carbocycles. The van der Waals surface area contributed by atoms with Crippen molar-refractivity contribution in [2.75, 3.05) is 6.61 Å². The van der Waals surface area contributed by atoms with Crippen molar-refractivity contribution in [3.63, 3.8) is 0 Å². The first-order valence-corrected chi connectivity index (χ1v) is 3.34. The van der Waals surface area contributed by atoms with E-state index in [2.05, 4.69) is 9.25 Å². The number of hydrogen-bond donors (Lipinski definition) is 0. The van der Waals surface area contributed by atoms with E-state index in [1.165, 1.54) is 6.92 Å². The molecule has 0 aromatic rings. The quantitative estimate of drug-likeness (QED) is 0.327. The second-order valence-electron chi connectivity index (χ2n) is 0.934. The zero-order valence-electron chi connectivity index (χ0n) is 5.17. The van der Waals surface area contributed by atoms with E-state index in [9.17, 15) is 14.0 Å². The van der Waals surface area contributed by atoms with E-state index >= 15 is 0 Å². The number of phosphoric ester groups is 1. The van der Waals surface area contributed by atoms with Crippen LogP contribution in [0.15, 0.2) is 0 Å². The molecule has 0 bridgehead atoms. The van der Waals surface area contributed by atoms with Crippen LogP contribution in [0, 0.1) is 0 Å². The molecule has 0 heterocycles. The van der Waals surface area contributed by atoms with Crippen molar-refractivity contribution in [1.29, 1.82) is 0 Å². The van der Waals surface area contributed by atoms with Gasteiger partial charge in [0.15, 0.2) is 0 Å². The SMILES string of the molecule is CCOP(=O)([O-])OF.[Li+]. The summed E-state index contributed by atoms with van der Waals surface area (Å²) in [5.41, 5.74) is 0. The van der Waals surface area contributed by atoms with Crippen molar-refractivity contribution in [1.82, 2.24) is 0 Å². The van der Waals surface area contributed by atoms with Crippen LogP contribution >= 0.6 is 7.82 Å².